The van der Waals surface area contributed by atoms with Gasteiger partial charge in [0, 0.05) is 0 Å². The molecule has 1 unspecified atom stereocenters. The predicted molar refractivity (Wildman–Crippen MR) is 93.5 cm³/mol. The van der Waals surface area contributed by atoms with E-state index in [-0.39, 0.29) is 17.0 Å². The second-order valence-electron chi connectivity index (χ2n) is 5.25. The van der Waals surface area contributed by atoms with Crippen LogP contribution in [0.3, 0.4) is 0 Å². The van der Waals surface area contributed by atoms with E-state index in [1.165, 1.54) is 6.21 Å². The minimum Gasteiger partial charge on any atom is -0.344 e. The molecule has 23 heavy (non-hydrogen) atoms. The molecule has 0 saturated heterocycles. The Morgan fingerprint density at radius 2 is 2.22 bits per heavy atom. The molecule has 7 nitrogen and oxygen atoms in total. The van der Waals surface area contributed by atoms with Crippen molar-refractivity contribution in [3.05, 3.63) is 35.9 Å². The van der Waals surface area contributed by atoms with Crippen LogP contribution in [-0.4, -0.2) is 35.5 Å². The Labute approximate surface area is 138 Å². The summed E-state index contributed by atoms with van der Waals surface area (Å²) in [5.74, 6) is 4.91. The zero-order valence-corrected chi connectivity index (χ0v) is 13.3. The summed E-state index contributed by atoms with van der Waals surface area (Å²) in [6.45, 7) is 0.329. The Hall–Kier alpha value is -2.35. The standard InChI is InChI=1S/C15H18N6OS/c16-19-12(8-17-11-6-7-11)14(22)18-9-13-20-21-15(23-13)10-4-2-1-3-5-10/h1-5,8,11,15,21H,6-7,9,16H2,(H,18,22)/b17-8?,19-12+. The van der Waals surface area contributed by atoms with Crippen LogP contribution in [0.2, 0.25) is 0 Å². The lowest BCUT2D eigenvalue weighted by molar-refractivity contribution is -0.114. The number of nitrogens with two attached hydrogens (primary N) is 1. The molecule has 1 atom stereocenters. The fourth-order valence-corrected chi connectivity index (χ4v) is 2.90. The maximum atomic E-state index is 12.0. The first-order valence-corrected chi connectivity index (χ1v) is 8.27. The number of aliphatic imine (C=N–C) groups is 1. The van der Waals surface area contributed by atoms with Crippen molar-refractivity contribution in [2.75, 3.05) is 6.54 Å². The molecule has 0 aromatic heterocycles. The van der Waals surface area contributed by atoms with E-state index in [0.717, 1.165) is 23.4 Å². The zero-order valence-electron chi connectivity index (χ0n) is 12.5. The molecule has 3 rings (SSSR count). The highest BCUT2D eigenvalue weighted by Crippen LogP contribution is 2.30. The lowest BCUT2D eigenvalue weighted by atomic mass is 10.2. The van der Waals surface area contributed by atoms with Crippen molar-refractivity contribution >= 4 is 34.6 Å². The van der Waals surface area contributed by atoms with Gasteiger partial charge < -0.3 is 11.2 Å². The van der Waals surface area contributed by atoms with Gasteiger partial charge in [-0.1, -0.05) is 42.1 Å². The molecule has 1 saturated carbocycles. The zero-order chi connectivity index (χ0) is 16.1. The van der Waals surface area contributed by atoms with Crippen molar-refractivity contribution in [2.45, 2.75) is 24.3 Å². The Balaban J connectivity index is 1.48. The van der Waals surface area contributed by atoms with E-state index in [4.69, 9.17) is 5.84 Å². The summed E-state index contributed by atoms with van der Waals surface area (Å²) >= 11 is 1.57. The molecule has 1 heterocycles. The largest absolute Gasteiger partial charge is 0.344 e. The molecule has 0 radical (unpaired) electrons. The number of nitrogens with one attached hydrogen (secondary N) is 2. The van der Waals surface area contributed by atoms with Crippen LogP contribution in [0.5, 0.6) is 0 Å². The second-order valence-corrected chi connectivity index (χ2v) is 6.43. The lowest BCUT2D eigenvalue weighted by Gasteiger charge is -2.09. The first-order valence-electron chi connectivity index (χ1n) is 7.39. The number of rotatable bonds is 6. The quantitative estimate of drug-likeness (QED) is 0.411. The Morgan fingerprint density at radius 3 is 2.91 bits per heavy atom. The molecule has 1 fully saturated rings. The summed E-state index contributed by atoms with van der Waals surface area (Å²) in [6.07, 6.45) is 3.58. The number of hydrogen-bond acceptors (Lipinski definition) is 7. The average Bonchev–Trinajstić information content (AvgIpc) is 3.29. The number of carbonyl (C=O) groups is 1. The molecule has 4 N–H and O–H groups in total. The molecular formula is C15H18N6OS. The molecule has 2 aliphatic rings. The molecule has 1 aliphatic heterocycles. The van der Waals surface area contributed by atoms with Gasteiger partial charge in [0.15, 0.2) is 5.71 Å². The van der Waals surface area contributed by atoms with E-state index in [2.05, 4.69) is 25.9 Å². The number of nitrogens with zero attached hydrogens (tertiary/aromatic N) is 3. The van der Waals surface area contributed by atoms with Gasteiger partial charge in [0.1, 0.15) is 10.4 Å². The maximum Gasteiger partial charge on any atom is 0.273 e. The van der Waals surface area contributed by atoms with E-state index < -0.39 is 0 Å². The third-order valence-electron chi connectivity index (χ3n) is 3.39. The molecule has 8 heteroatoms. The molecule has 1 aliphatic carbocycles. The molecule has 0 spiro atoms. The number of hydrazone groups is 2. The average molecular weight is 330 g/mol. The van der Waals surface area contributed by atoms with Gasteiger partial charge in [0.25, 0.3) is 5.91 Å². The van der Waals surface area contributed by atoms with Gasteiger partial charge in [-0.15, -0.1) is 0 Å². The number of thioether (sulfide) groups is 1. The Kier molecular flexibility index (Phi) is 4.92. The van der Waals surface area contributed by atoms with Crippen molar-refractivity contribution < 1.29 is 4.79 Å². The summed E-state index contributed by atoms with van der Waals surface area (Å²) in [7, 11) is 0. The lowest BCUT2D eigenvalue weighted by Crippen LogP contribution is -2.35. The summed E-state index contributed by atoms with van der Waals surface area (Å²) in [5, 5.41) is 11.4. The van der Waals surface area contributed by atoms with Crippen LogP contribution in [0, 0.1) is 0 Å². The summed E-state index contributed by atoms with van der Waals surface area (Å²) in [4.78, 5) is 16.2. The van der Waals surface area contributed by atoms with Crippen molar-refractivity contribution in [3.8, 4) is 0 Å². The van der Waals surface area contributed by atoms with E-state index in [1.807, 2.05) is 30.3 Å². The van der Waals surface area contributed by atoms with Crippen molar-refractivity contribution in [2.24, 2.45) is 21.0 Å². The van der Waals surface area contributed by atoms with Gasteiger partial charge in [-0.05, 0) is 18.4 Å². The highest BCUT2D eigenvalue weighted by atomic mass is 32.2. The highest BCUT2D eigenvalue weighted by Gasteiger charge is 2.22. The van der Waals surface area contributed by atoms with Crippen molar-refractivity contribution in [1.82, 2.24) is 10.7 Å². The second kappa shape index (κ2) is 7.28. The third-order valence-corrected chi connectivity index (χ3v) is 4.51. The monoisotopic (exact) mass is 330 g/mol. The van der Waals surface area contributed by atoms with E-state index in [1.54, 1.807) is 11.8 Å². The van der Waals surface area contributed by atoms with Crippen LogP contribution in [0.1, 0.15) is 23.8 Å². The molecular weight excluding hydrogens is 312 g/mol. The smallest absolute Gasteiger partial charge is 0.273 e. The molecule has 1 amide bonds. The summed E-state index contributed by atoms with van der Waals surface area (Å²) in [6, 6.07) is 10.3. The van der Waals surface area contributed by atoms with E-state index >= 15 is 0 Å². The number of hydrogen-bond donors (Lipinski definition) is 3. The van der Waals surface area contributed by atoms with Gasteiger partial charge in [0.2, 0.25) is 0 Å². The van der Waals surface area contributed by atoms with Gasteiger partial charge in [-0.25, -0.2) is 0 Å². The minimum absolute atomic E-state index is 0.0715. The number of carbonyl (C=O) groups excluding carboxylic acids is 1. The first kappa shape index (κ1) is 15.5. The van der Waals surface area contributed by atoms with Crippen LogP contribution in [-0.2, 0) is 4.79 Å². The molecule has 1 aromatic carbocycles. The summed E-state index contributed by atoms with van der Waals surface area (Å²) < 4.78 is 0. The van der Waals surface area contributed by atoms with Crippen molar-refractivity contribution in [1.29, 1.82) is 0 Å². The van der Waals surface area contributed by atoms with Crippen LogP contribution in [0.4, 0.5) is 0 Å². The van der Waals surface area contributed by atoms with Crippen LogP contribution in [0.15, 0.2) is 45.5 Å². The van der Waals surface area contributed by atoms with Crippen LogP contribution < -0.4 is 16.6 Å². The normalized spacial score (nSPS) is 21.1. The third kappa shape index (κ3) is 4.32. The number of benzene rings is 1. The highest BCUT2D eigenvalue weighted by molar-refractivity contribution is 8.14. The molecule has 1 aromatic rings. The van der Waals surface area contributed by atoms with Gasteiger partial charge in [0.05, 0.1) is 18.8 Å². The fraction of sp³-hybridized carbons (Fsp3) is 0.333. The maximum absolute atomic E-state index is 12.0. The Morgan fingerprint density at radius 1 is 1.43 bits per heavy atom. The van der Waals surface area contributed by atoms with E-state index in [0.29, 0.717) is 12.6 Å². The topological polar surface area (TPSA) is 104 Å². The predicted octanol–water partition coefficient (Wildman–Crippen LogP) is 0.999. The first-order chi connectivity index (χ1) is 11.3. The Bertz CT molecular complexity index is 653. The van der Waals surface area contributed by atoms with Crippen molar-refractivity contribution in [3.63, 3.8) is 0 Å². The van der Waals surface area contributed by atoms with Crippen LogP contribution >= 0.6 is 11.8 Å². The van der Waals surface area contributed by atoms with Gasteiger partial charge in [-0.3, -0.25) is 15.2 Å². The van der Waals surface area contributed by atoms with Gasteiger partial charge in [-0.2, -0.15) is 10.2 Å². The van der Waals surface area contributed by atoms with E-state index in [9.17, 15) is 4.79 Å². The van der Waals surface area contributed by atoms with Gasteiger partial charge >= 0.3 is 0 Å². The van der Waals surface area contributed by atoms with Crippen LogP contribution in [0.25, 0.3) is 0 Å². The SMILES string of the molecule is N/N=C(\C=NC1CC1)C(=O)NCC1=NNC(c2ccccc2)S1. The molecule has 0 bridgehead atoms. The fourth-order valence-electron chi connectivity index (χ4n) is 1.97. The molecule has 120 valence electrons. The summed E-state index contributed by atoms with van der Waals surface area (Å²) in [5.41, 5.74) is 4.33. The number of amides is 1. The minimum atomic E-state index is -0.344.